The fourth-order valence-electron chi connectivity index (χ4n) is 3.82. The molecule has 0 aliphatic rings. The number of alkyl halides is 3. The van der Waals surface area contributed by atoms with Gasteiger partial charge in [-0.2, -0.15) is 0 Å². The average Bonchev–Trinajstić information content (AvgIpc) is 3.25. The van der Waals surface area contributed by atoms with Gasteiger partial charge in [-0.15, -0.1) is 13.2 Å². The SMILES string of the molecule is CC(C)C[C@H](NC(=O)c1ccc(-c2ccc(Nc3nc4ccc(OC(F)(F)F)cc4s3)c(F)c2)cc1)C(=O)O. The third-order valence-corrected chi connectivity index (χ3v) is 6.53. The van der Waals surface area contributed by atoms with Crippen LogP contribution in [-0.4, -0.2) is 34.4 Å². The lowest BCUT2D eigenvalue weighted by molar-refractivity contribution is -0.274. The van der Waals surface area contributed by atoms with E-state index in [2.05, 4.69) is 20.4 Å². The minimum absolute atomic E-state index is 0.0847. The van der Waals surface area contributed by atoms with Crippen LogP contribution < -0.4 is 15.4 Å². The van der Waals surface area contributed by atoms with E-state index in [1.807, 2.05) is 13.8 Å². The van der Waals surface area contributed by atoms with Crippen LogP contribution in [-0.2, 0) is 4.79 Å². The highest BCUT2D eigenvalue weighted by atomic mass is 32.1. The van der Waals surface area contributed by atoms with Crippen molar-refractivity contribution in [1.29, 1.82) is 0 Å². The number of benzene rings is 3. The molecule has 0 fully saturated rings. The summed E-state index contributed by atoms with van der Waals surface area (Å²) in [6, 6.07) is 13.5. The van der Waals surface area contributed by atoms with Gasteiger partial charge in [0.25, 0.3) is 5.91 Å². The molecule has 3 aromatic carbocycles. The topological polar surface area (TPSA) is 101 Å². The van der Waals surface area contributed by atoms with Crippen molar-refractivity contribution < 1.29 is 37.0 Å². The quantitative estimate of drug-likeness (QED) is 0.191. The Kier molecular flexibility index (Phi) is 8.05. The summed E-state index contributed by atoms with van der Waals surface area (Å²) in [7, 11) is 0. The molecule has 1 amide bonds. The molecule has 1 aromatic heterocycles. The molecule has 7 nitrogen and oxygen atoms in total. The van der Waals surface area contributed by atoms with Crippen LogP contribution in [0.2, 0.25) is 0 Å². The maximum Gasteiger partial charge on any atom is 0.573 e. The van der Waals surface area contributed by atoms with Crippen molar-refractivity contribution in [3.05, 3.63) is 72.0 Å². The molecule has 204 valence electrons. The fourth-order valence-corrected chi connectivity index (χ4v) is 4.72. The van der Waals surface area contributed by atoms with Crippen molar-refractivity contribution in [1.82, 2.24) is 10.3 Å². The number of fused-ring (bicyclic) bond motifs is 1. The summed E-state index contributed by atoms with van der Waals surface area (Å²) in [6.45, 7) is 3.73. The molecule has 4 aromatic rings. The number of nitrogens with zero attached hydrogens (tertiary/aromatic N) is 1. The number of thiazole rings is 1. The first-order valence-electron chi connectivity index (χ1n) is 11.7. The zero-order valence-corrected chi connectivity index (χ0v) is 21.5. The first kappa shape index (κ1) is 27.8. The van der Waals surface area contributed by atoms with Crippen LogP contribution in [0, 0.1) is 11.7 Å². The van der Waals surface area contributed by atoms with Crippen molar-refractivity contribution in [3.63, 3.8) is 0 Å². The van der Waals surface area contributed by atoms with E-state index in [1.54, 1.807) is 18.2 Å². The Morgan fingerprint density at radius 3 is 2.33 bits per heavy atom. The van der Waals surface area contributed by atoms with Crippen LogP contribution in [0.4, 0.5) is 28.4 Å². The number of aliphatic carboxylic acids is 1. The van der Waals surface area contributed by atoms with E-state index in [0.717, 1.165) is 17.4 Å². The van der Waals surface area contributed by atoms with Gasteiger partial charge in [0, 0.05) is 11.6 Å². The lowest BCUT2D eigenvalue weighted by atomic mass is 10.0. The highest BCUT2D eigenvalue weighted by Gasteiger charge is 2.31. The molecule has 3 N–H and O–H groups in total. The number of carboxylic acids is 1. The molecule has 0 bridgehead atoms. The minimum atomic E-state index is -4.81. The number of hydrogen-bond acceptors (Lipinski definition) is 6. The third-order valence-electron chi connectivity index (χ3n) is 5.60. The second-order valence-electron chi connectivity index (χ2n) is 9.09. The fraction of sp³-hybridized carbons (Fsp3) is 0.222. The maximum atomic E-state index is 14.9. The number of carbonyl (C=O) groups is 2. The van der Waals surface area contributed by atoms with E-state index in [-0.39, 0.29) is 28.0 Å². The number of ether oxygens (including phenoxy) is 1. The van der Waals surface area contributed by atoms with E-state index in [0.29, 0.717) is 27.8 Å². The second kappa shape index (κ2) is 11.3. The summed E-state index contributed by atoms with van der Waals surface area (Å²) >= 11 is 1.04. The predicted molar refractivity (Wildman–Crippen MR) is 140 cm³/mol. The summed E-state index contributed by atoms with van der Waals surface area (Å²) in [6.07, 6.45) is -4.52. The zero-order valence-electron chi connectivity index (χ0n) is 20.7. The van der Waals surface area contributed by atoms with Crippen LogP contribution >= 0.6 is 11.3 Å². The van der Waals surface area contributed by atoms with Gasteiger partial charge in [-0.25, -0.2) is 14.2 Å². The van der Waals surface area contributed by atoms with E-state index < -0.39 is 30.1 Å². The Bertz CT molecular complexity index is 1500. The van der Waals surface area contributed by atoms with E-state index >= 15 is 0 Å². The lowest BCUT2D eigenvalue weighted by Gasteiger charge is -2.16. The van der Waals surface area contributed by atoms with Gasteiger partial charge in [0.05, 0.1) is 15.9 Å². The number of halogens is 4. The predicted octanol–water partition coefficient (Wildman–Crippen LogP) is 6.97. The third kappa shape index (κ3) is 7.23. The van der Waals surface area contributed by atoms with Gasteiger partial charge in [-0.05, 0) is 59.9 Å². The van der Waals surface area contributed by atoms with E-state index in [1.165, 1.54) is 36.4 Å². The van der Waals surface area contributed by atoms with Crippen molar-refractivity contribution in [2.75, 3.05) is 5.32 Å². The van der Waals surface area contributed by atoms with Crippen molar-refractivity contribution in [2.45, 2.75) is 32.7 Å². The molecule has 39 heavy (non-hydrogen) atoms. The number of anilines is 2. The molecule has 0 aliphatic carbocycles. The number of carbonyl (C=O) groups excluding carboxylic acids is 1. The molecule has 1 heterocycles. The number of rotatable bonds is 9. The minimum Gasteiger partial charge on any atom is -0.480 e. The molecule has 0 radical (unpaired) electrons. The standard InChI is InChI=1S/C27H23F4N3O4S/c1-14(2)11-22(25(36)37)32-24(35)16-5-3-15(4-6-16)17-7-9-20(19(28)12-17)33-26-34-21-10-8-18(13-23(21)39-26)38-27(29,30)31/h3-10,12-14,22H,11H2,1-2H3,(H,32,35)(H,33,34)(H,36,37)/t22-/m0/s1. The normalized spacial score (nSPS) is 12.4. The molecule has 0 saturated carbocycles. The first-order valence-corrected chi connectivity index (χ1v) is 12.6. The van der Waals surface area contributed by atoms with Crippen LogP contribution in [0.15, 0.2) is 60.7 Å². The highest BCUT2D eigenvalue weighted by molar-refractivity contribution is 7.22. The van der Waals surface area contributed by atoms with Gasteiger partial charge in [0.15, 0.2) is 5.13 Å². The highest BCUT2D eigenvalue weighted by Crippen LogP contribution is 2.34. The molecule has 0 saturated heterocycles. The molecule has 12 heteroatoms. The number of aromatic nitrogens is 1. The smallest absolute Gasteiger partial charge is 0.480 e. The first-order chi connectivity index (χ1) is 18.4. The van der Waals surface area contributed by atoms with Gasteiger partial charge in [0.2, 0.25) is 0 Å². The second-order valence-corrected chi connectivity index (χ2v) is 10.1. The molecule has 4 rings (SSSR count). The van der Waals surface area contributed by atoms with Crippen LogP contribution in [0.1, 0.15) is 30.6 Å². The maximum absolute atomic E-state index is 14.9. The van der Waals surface area contributed by atoms with Crippen LogP contribution in [0.25, 0.3) is 21.3 Å². The average molecular weight is 562 g/mol. The van der Waals surface area contributed by atoms with E-state index in [9.17, 15) is 32.3 Å². The van der Waals surface area contributed by atoms with Crippen molar-refractivity contribution in [2.24, 2.45) is 5.92 Å². The Morgan fingerprint density at radius 1 is 1.03 bits per heavy atom. The number of hydrogen-bond donors (Lipinski definition) is 3. The summed E-state index contributed by atoms with van der Waals surface area (Å²) < 4.78 is 56.7. The largest absolute Gasteiger partial charge is 0.573 e. The molecule has 0 aliphatic heterocycles. The lowest BCUT2D eigenvalue weighted by Crippen LogP contribution is -2.41. The van der Waals surface area contributed by atoms with Gasteiger partial charge in [-0.3, -0.25) is 4.79 Å². The number of amides is 1. The van der Waals surface area contributed by atoms with Crippen LogP contribution in [0.5, 0.6) is 5.75 Å². The van der Waals surface area contributed by atoms with Gasteiger partial charge in [-0.1, -0.05) is 43.4 Å². The summed E-state index contributed by atoms with van der Waals surface area (Å²) in [4.78, 5) is 28.2. The zero-order chi connectivity index (χ0) is 28.3. The molecule has 0 spiro atoms. The Balaban J connectivity index is 1.45. The summed E-state index contributed by atoms with van der Waals surface area (Å²) in [5.74, 6) is -2.51. The number of carboxylic acid groups (broad SMARTS) is 1. The van der Waals surface area contributed by atoms with Crippen molar-refractivity contribution >= 4 is 44.2 Å². The summed E-state index contributed by atoms with van der Waals surface area (Å²) in [5, 5.41) is 15.0. The van der Waals surface area contributed by atoms with Gasteiger partial charge >= 0.3 is 12.3 Å². The molecule has 0 unspecified atom stereocenters. The molecular weight excluding hydrogens is 538 g/mol. The summed E-state index contributed by atoms with van der Waals surface area (Å²) in [5.41, 5.74) is 1.98. The monoisotopic (exact) mass is 561 g/mol. The Labute approximate surface area is 224 Å². The number of nitrogens with one attached hydrogen (secondary N) is 2. The van der Waals surface area contributed by atoms with E-state index in [4.69, 9.17) is 0 Å². The molecule has 1 atom stereocenters. The van der Waals surface area contributed by atoms with Crippen LogP contribution in [0.3, 0.4) is 0 Å². The Hall–Kier alpha value is -4.19. The van der Waals surface area contributed by atoms with Gasteiger partial charge in [0.1, 0.15) is 17.6 Å². The van der Waals surface area contributed by atoms with Crippen molar-refractivity contribution in [3.8, 4) is 16.9 Å². The Morgan fingerprint density at radius 2 is 1.72 bits per heavy atom. The molecular formula is C27H23F4N3O4S. The van der Waals surface area contributed by atoms with Gasteiger partial charge < -0.3 is 20.5 Å².